The Balaban J connectivity index is 2.32. The van der Waals surface area contributed by atoms with Crippen LogP contribution in [0.25, 0.3) is 0 Å². The molecule has 0 aromatic heterocycles. The van der Waals surface area contributed by atoms with Gasteiger partial charge in [0.05, 0.1) is 0 Å². The summed E-state index contributed by atoms with van der Waals surface area (Å²) in [5, 5.41) is 0. The highest BCUT2D eigenvalue weighted by molar-refractivity contribution is 5.36. The molecule has 0 bridgehead atoms. The maximum absolute atomic E-state index is 6.12. The van der Waals surface area contributed by atoms with Gasteiger partial charge in [-0.15, -0.1) is 0 Å². The number of likely N-dealkylation sites (tertiary alicyclic amines) is 1. The molecule has 1 saturated heterocycles. The Kier molecular flexibility index (Phi) is 4.87. The molecular formula is C18H30N2. The van der Waals surface area contributed by atoms with Gasteiger partial charge in [0.15, 0.2) is 0 Å². The van der Waals surface area contributed by atoms with E-state index in [0.717, 1.165) is 0 Å². The van der Waals surface area contributed by atoms with E-state index in [2.05, 4.69) is 50.8 Å². The van der Waals surface area contributed by atoms with E-state index in [1.807, 2.05) is 0 Å². The molecule has 20 heavy (non-hydrogen) atoms. The zero-order valence-electron chi connectivity index (χ0n) is 13.6. The van der Waals surface area contributed by atoms with E-state index in [4.69, 9.17) is 5.73 Å². The molecule has 112 valence electrons. The van der Waals surface area contributed by atoms with Crippen LogP contribution in [0.1, 0.15) is 62.8 Å². The minimum absolute atomic E-state index is 0.198. The molecule has 1 heterocycles. The number of hydrogen-bond acceptors (Lipinski definition) is 2. The lowest BCUT2D eigenvalue weighted by Gasteiger charge is -2.35. The van der Waals surface area contributed by atoms with Crippen LogP contribution in [0.2, 0.25) is 0 Å². The van der Waals surface area contributed by atoms with Gasteiger partial charge in [0.25, 0.3) is 0 Å². The monoisotopic (exact) mass is 274 g/mol. The normalized spacial score (nSPS) is 19.1. The molecule has 2 rings (SSSR count). The molecule has 0 saturated carbocycles. The van der Waals surface area contributed by atoms with Crippen molar-refractivity contribution in [1.82, 2.24) is 4.90 Å². The zero-order chi connectivity index (χ0) is 14.8. The van der Waals surface area contributed by atoms with Crippen molar-refractivity contribution in [1.29, 1.82) is 0 Å². The first-order chi connectivity index (χ1) is 9.43. The molecule has 2 heteroatoms. The van der Waals surface area contributed by atoms with Crippen LogP contribution in [0, 0.1) is 6.92 Å². The molecule has 1 aromatic rings. The fourth-order valence-corrected chi connectivity index (χ4v) is 3.17. The first kappa shape index (κ1) is 15.5. The predicted molar refractivity (Wildman–Crippen MR) is 87.1 cm³/mol. The van der Waals surface area contributed by atoms with Crippen molar-refractivity contribution in [3.05, 3.63) is 34.9 Å². The van der Waals surface area contributed by atoms with Crippen LogP contribution in [-0.2, 0) is 5.41 Å². The van der Waals surface area contributed by atoms with Crippen molar-refractivity contribution < 1.29 is 0 Å². The number of aryl methyl sites for hydroxylation is 1. The quantitative estimate of drug-likeness (QED) is 0.909. The molecule has 2 N–H and O–H groups in total. The molecule has 1 aliphatic rings. The van der Waals surface area contributed by atoms with E-state index in [-0.39, 0.29) is 5.41 Å². The molecule has 0 aliphatic carbocycles. The minimum atomic E-state index is 0.198. The van der Waals surface area contributed by atoms with Gasteiger partial charge in [0.1, 0.15) is 0 Å². The molecule has 0 radical (unpaired) electrons. The third-order valence-electron chi connectivity index (χ3n) is 4.56. The summed E-state index contributed by atoms with van der Waals surface area (Å²) in [5.74, 6) is 0. The van der Waals surface area contributed by atoms with E-state index in [1.165, 1.54) is 49.0 Å². The van der Waals surface area contributed by atoms with E-state index in [1.54, 1.807) is 0 Å². The highest BCUT2D eigenvalue weighted by atomic mass is 15.2. The molecule has 1 atom stereocenters. The summed E-state index contributed by atoms with van der Waals surface area (Å²) in [4.78, 5) is 2.58. The second-order valence-corrected chi connectivity index (χ2v) is 7.17. The lowest BCUT2D eigenvalue weighted by atomic mass is 9.84. The third kappa shape index (κ3) is 3.42. The van der Waals surface area contributed by atoms with E-state index >= 15 is 0 Å². The van der Waals surface area contributed by atoms with E-state index in [0.29, 0.717) is 12.6 Å². The van der Waals surface area contributed by atoms with Gasteiger partial charge in [-0.05, 0) is 55.0 Å². The smallest absolute Gasteiger partial charge is 0.0473 e. The molecule has 0 amide bonds. The van der Waals surface area contributed by atoms with Crippen LogP contribution in [-0.4, -0.2) is 24.5 Å². The largest absolute Gasteiger partial charge is 0.329 e. The number of piperidine rings is 1. The Hall–Kier alpha value is -0.860. The Labute approximate surface area is 124 Å². The average Bonchev–Trinajstić information content (AvgIpc) is 2.41. The van der Waals surface area contributed by atoms with Crippen molar-refractivity contribution in [2.45, 2.75) is 58.4 Å². The topological polar surface area (TPSA) is 29.3 Å². The fraction of sp³-hybridized carbons (Fsp3) is 0.667. The summed E-state index contributed by atoms with van der Waals surface area (Å²) in [6, 6.07) is 7.31. The lowest BCUT2D eigenvalue weighted by molar-refractivity contribution is 0.167. The van der Waals surface area contributed by atoms with Gasteiger partial charge < -0.3 is 5.73 Å². The highest BCUT2D eigenvalue weighted by Gasteiger charge is 2.24. The second-order valence-electron chi connectivity index (χ2n) is 7.17. The molecule has 1 unspecified atom stereocenters. The fourth-order valence-electron chi connectivity index (χ4n) is 3.17. The van der Waals surface area contributed by atoms with Gasteiger partial charge in [-0.1, -0.05) is 45.4 Å². The van der Waals surface area contributed by atoms with Crippen LogP contribution in [0.4, 0.5) is 0 Å². The average molecular weight is 274 g/mol. The molecular weight excluding hydrogens is 244 g/mol. The summed E-state index contributed by atoms with van der Waals surface area (Å²) in [6.45, 7) is 12.2. The SMILES string of the molecule is Cc1ccc(C(C)(C)C)cc1C(CN)N1CCCCC1. The summed E-state index contributed by atoms with van der Waals surface area (Å²) in [5.41, 5.74) is 10.5. The Bertz CT molecular complexity index is 439. The first-order valence-electron chi connectivity index (χ1n) is 7.98. The number of hydrogen-bond donors (Lipinski definition) is 1. The first-order valence-corrected chi connectivity index (χ1v) is 7.98. The zero-order valence-corrected chi connectivity index (χ0v) is 13.6. The minimum Gasteiger partial charge on any atom is -0.329 e. The van der Waals surface area contributed by atoms with E-state index < -0.39 is 0 Å². The third-order valence-corrected chi connectivity index (χ3v) is 4.56. The van der Waals surface area contributed by atoms with Gasteiger partial charge >= 0.3 is 0 Å². The van der Waals surface area contributed by atoms with Crippen molar-refractivity contribution in [2.24, 2.45) is 5.73 Å². The Morgan fingerprint density at radius 1 is 1.15 bits per heavy atom. The van der Waals surface area contributed by atoms with Gasteiger partial charge in [-0.2, -0.15) is 0 Å². The lowest BCUT2D eigenvalue weighted by Crippen LogP contribution is -2.38. The predicted octanol–water partition coefficient (Wildman–Crippen LogP) is 3.78. The number of benzene rings is 1. The van der Waals surface area contributed by atoms with Crippen LogP contribution in [0.3, 0.4) is 0 Å². The highest BCUT2D eigenvalue weighted by Crippen LogP contribution is 2.30. The molecule has 2 nitrogen and oxygen atoms in total. The summed E-state index contributed by atoms with van der Waals surface area (Å²) >= 11 is 0. The van der Waals surface area contributed by atoms with Crippen LogP contribution in [0.15, 0.2) is 18.2 Å². The number of nitrogens with zero attached hydrogens (tertiary/aromatic N) is 1. The van der Waals surface area contributed by atoms with Gasteiger partial charge in [-0.3, -0.25) is 4.90 Å². The number of rotatable bonds is 3. The second kappa shape index (κ2) is 6.28. The molecule has 1 aromatic carbocycles. The van der Waals surface area contributed by atoms with Crippen molar-refractivity contribution in [2.75, 3.05) is 19.6 Å². The van der Waals surface area contributed by atoms with Crippen LogP contribution >= 0.6 is 0 Å². The van der Waals surface area contributed by atoms with Crippen LogP contribution < -0.4 is 5.73 Å². The summed E-state index contributed by atoms with van der Waals surface area (Å²) in [6.07, 6.45) is 4.00. The maximum Gasteiger partial charge on any atom is 0.0473 e. The Morgan fingerprint density at radius 2 is 1.80 bits per heavy atom. The van der Waals surface area contributed by atoms with Crippen molar-refractivity contribution in [3.63, 3.8) is 0 Å². The van der Waals surface area contributed by atoms with Gasteiger partial charge in [-0.25, -0.2) is 0 Å². The summed E-state index contributed by atoms with van der Waals surface area (Å²) < 4.78 is 0. The van der Waals surface area contributed by atoms with Crippen molar-refractivity contribution in [3.8, 4) is 0 Å². The van der Waals surface area contributed by atoms with Gasteiger partial charge in [0, 0.05) is 12.6 Å². The van der Waals surface area contributed by atoms with E-state index in [9.17, 15) is 0 Å². The maximum atomic E-state index is 6.12. The number of nitrogens with two attached hydrogens (primary N) is 1. The summed E-state index contributed by atoms with van der Waals surface area (Å²) in [7, 11) is 0. The van der Waals surface area contributed by atoms with Gasteiger partial charge in [0.2, 0.25) is 0 Å². The van der Waals surface area contributed by atoms with Crippen LogP contribution in [0.5, 0.6) is 0 Å². The standard InChI is InChI=1S/C18H30N2/c1-14-8-9-15(18(2,3)4)12-16(14)17(13-19)20-10-6-5-7-11-20/h8-9,12,17H,5-7,10-11,13,19H2,1-4H3. The molecule has 1 fully saturated rings. The molecule has 0 spiro atoms. The molecule has 1 aliphatic heterocycles. The Morgan fingerprint density at radius 3 is 2.35 bits per heavy atom. The van der Waals surface area contributed by atoms with Crippen molar-refractivity contribution >= 4 is 0 Å².